The summed E-state index contributed by atoms with van der Waals surface area (Å²) < 4.78 is 15.3. The van der Waals surface area contributed by atoms with Gasteiger partial charge in [-0.1, -0.05) is 28.9 Å². The van der Waals surface area contributed by atoms with Crippen molar-refractivity contribution in [1.29, 1.82) is 0 Å². The number of carbonyl (C=O) groups excluding carboxylic acids is 1. The minimum atomic E-state index is -0.774. The zero-order valence-corrected chi connectivity index (χ0v) is 15.4. The van der Waals surface area contributed by atoms with Crippen LogP contribution in [0, 0.1) is 10.1 Å². The molecule has 2 aromatic carbocycles. The van der Waals surface area contributed by atoms with E-state index in [1.165, 1.54) is 12.1 Å². The summed E-state index contributed by atoms with van der Waals surface area (Å²) in [6.45, 7) is 1.67. The average Bonchev–Trinajstić information content (AvgIpc) is 3.15. The Labute approximate surface area is 164 Å². The molecule has 0 aliphatic rings. The first-order valence-corrected chi connectivity index (χ1v) is 8.53. The predicted octanol–water partition coefficient (Wildman–Crippen LogP) is 4.05. The summed E-state index contributed by atoms with van der Waals surface area (Å²) in [6.07, 6.45) is 0. The maximum atomic E-state index is 12.2. The van der Waals surface area contributed by atoms with E-state index < -0.39 is 10.9 Å². The summed E-state index contributed by atoms with van der Waals surface area (Å²) >= 11 is 6.08. The number of ether oxygens (including phenoxy) is 2. The molecule has 9 nitrogen and oxygen atoms in total. The first-order valence-electron chi connectivity index (χ1n) is 8.15. The molecule has 3 rings (SSSR count). The minimum absolute atomic E-state index is 0.000922. The molecular weight excluding hydrogens is 390 g/mol. The highest BCUT2D eigenvalue weighted by Crippen LogP contribution is 2.28. The highest BCUT2D eigenvalue weighted by Gasteiger charge is 2.20. The molecule has 0 amide bonds. The van der Waals surface area contributed by atoms with E-state index in [0.717, 1.165) is 6.07 Å². The van der Waals surface area contributed by atoms with Gasteiger partial charge in [0.05, 0.1) is 22.1 Å². The van der Waals surface area contributed by atoms with Crippen LogP contribution in [0.5, 0.6) is 5.75 Å². The predicted molar refractivity (Wildman–Crippen MR) is 98.1 cm³/mol. The summed E-state index contributed by atoms with van der Waals surface area (Å²) in [5.41, 5.74) is 0.253. The Morgan fingerprint density at radius 3 is 2.79 bits per heavy atom. The van der Waals surface area contributed by atoms with Gasteiger partial charge < -0.3 is 14.0 Å². The van der Waals surface area contributed by atoms with Gasteiger partial charge in [0.25, 0.3) is 5.89 Å². The van der Waals surface area contributed by atoms with Gasteiger partial charge in [-0.3, -0.25) is 10.1 Å². The number of hydrogen-bond acceptors (Lipinski definition) is 8. The highest BCUT2D eigenvalue weighted by molar-refractivity contribution is 6.33. The molecule has 10 heteroatoms. The molecule has 0 aliphatic carbocycles. The van der Waals surface area contributed by atoms with Gasteiger partial charge in [-0.2, -0.15) is 4.98 Å². The SMILES string of the molecule is CCOc1ccc(C(=O)OCc2nc(-c3ccccc3Cl)no2)cc1[N+](=O)[O-]. The standard InChI is InChI=1S/C18H14ClN3O6/c1-2-26-15-8-7-11(9-14(15)22(24)25)18(23)27-10-16-20-17(21-28-16)12-5-3-4-6-13(12)19/h3-9H,2,10H2,1H3. The van der Waals surface area contributed by atoms with Gasteiger partial charge in [0.2, 0.25) is 5.82 Å². The van der Waals surface area contributed by atoms with E-state index in [1.807, 2.05) is 0 Å². The fraction of sp³-hybridized carbons (Fsp3) is 0.167. The Bertz CT molecular complexity index is 1020. The molecule has 144 valence electrons. The molecule has 0 fully saturated rings. The molecule has 28 heavy (non-hydrogen) atoms. The third kappa shape index (κ3) is 4.26. The molecule has 1 heterocycles. The molecule has 0 unspecified atom stereocenters. The fourth-order valence-corrected chi connectivity index (χ4v) is 2.56. The maximum absolute atomic E-state index is 12.2. The van der Waals surface area contributed by atoms with Gasteiger partial charge >= 0.3 is 11.7 Å². The van der Waals surface area contributed by atoms with Gasteiger partial charge in [0.1, 0.15) is 0 Å². The van der Waals surface area contributed by atoms with Crippen LogP contribution >= 0.6 is 11.6 Å². The third-order valence-electron chi connectivity index (χ3n) is 3.60. The van der Waals surface area contributed by atoms with Crippen LogP contribution in [0.1, 0.15) is 23.2 Å². The maximum Gasteiger partial charge on any atom is 0.338 e. The van der Waals surface area contributed by atoms with Crippen molar-refractivity contribution < 1.29 is 23.7 Å². The minimum Gasteiger partial charge on any atom is -0.487 e. The zero-order chi connectivity index (χ0) is 20.1. The summed E-state index contributed by atoms with van der Waals surface area (Å²) in [6, 6.07) is 10.8. The topological polar surface area (TPSA) is 118 Å². The number of benzene rings is 2. The molecule has 0 radical (unpaired) electrons. The van der Waals surface area contributed by atoms with Gasteiger partial charge in [0.15, 0.2) is 12.4 Å². The van der Waals surface area contributed by atoms with Crippen LogP contribution < -0.4 is 4.74 Å². The number of esters is 1. The van der Waals surface area contributed by atoms with Gasteiger partial charge in [0, 0.05) is 11.6 Å². The largest absolute Gasteiger partial charge is 0.487 e. The monoisotopic (exact) mass is 403 g/mol. The zero-order valence-electron chi connectivity index (χ0n) is 14.6. The van der Waals surface area contributed by atoms with E-state index in [-0.39, 0.29) is 41.9 Å². The van der Waals surface area contributed by atoms with Crippen molar-refractivity contribution in [3.8, 4) is 17.1 Å². The molecule has 1 aromatic heterocycles. The fourth-order valence-electron chi connectivity index (χ4n) is 2.34. The van der Waals surface area contributed by atoms with Crippen LogP contribution in [-0.2, 0) is 11.3 Å². The van der Waals surface area contributed by atoms with Crippen LogP contribution in [0.4, 0.5) is 5.69 Å². The van der Waals surface area contributed by atoms with Crippen LogP contribution in [0.15, 0.2) is 47.0 Å². The second-order valence-electron chi connectivity index (χ2n) is 5.44. The van der Waals surface area contributed by atoms with Crippen LogP contribution in [0.25, 0.3) is 11.4 Å². The Kier molecular flexibility index (Phi) is 5.85. The quantitative estimate of drug-likeness (QED) is 0.329. The molecule has 0 atom stereocenters. The number of nitro benzene ring substituents is 1. The van der Waals surface area contributed by atoms with Gasteiger partial charge in [-0.25, -0.2) is 4.79 Å². The normalized spacial score (nSPS) is 10.5. The number of hydrogen-bond donors (Lipinski definition) is 0. The lowest BCUT2D eigenvalue weighted by molar-refractivity contribution is -0.385. The molecule has 0 saturated heterocycles. The molecule has 0 N–H and O–H groups in total. The number of rotatable bonds is 7. The summed E-state index contributed by atoms with van der Waals surface area (Å²) in [4.78, 5) is 26.8. The number of halogens is 1. The number of nitro groups is 1. The Balaban J connectivity index is 1.70. The number of nitrogens with zero attached hydrogens (tertiary/aromatic N) is 3. The smallest absolute Gasteiger partial charge is 0.338 e. The Morgan fingerprint density at radius 2 is 2.07 bits per heavy atom. The van der Waals surface area contributed by atoms with E-state index in [4.69, 9.17) is 25.6 Å². The van der Waals surface area contributed by atoms with Crippen molar-refractivity contribution in [3.05, 3.63) is 69.1 Å². The van der Waals surface area contributed by atoms with Crippen LogP contribution in [-0.4, -0.2) is 27.6 Å². The second-order valence-corrected chi connectivity index (χ2v) is 5.85. The Hall–Kier alpha value is -3.46. The van der Waals surface area contributed by atoms with Crippen molar-refractivity contribution in [1.82, 2.24) is 10.1 Å². The van der Waals surface area contributed by atoms with Gasteiger partial charge in [-0.05, 0) is 31.2 Å². The molecule has 0 saturated carbocycles. The average molecular weight is 404 g/mol. The van der Waals surface area contributed by atoms with Crippen molar-refractivity contribution >= 4 is 23.3 Å². The van der Waals surface area contributed by atoms with Crippen molar-refractivity contribution in [2.75, 3.05) is 6.61 Å². The molecule has 0 aliphatic heterocycles. The van der Waals surface area contributed by atoms with E-state index in [9.17, 15) is 14.9 Å². The van der Waals surface area contributed by atoms with Crippen LogP contribution in [0.2, 0.25) is 5.02 Å². The highest BCUT2D eigenvalue weighted by atomic mass is 35.5. The number of carbonyl (C=O) groups is 1. The second kappa shape index (κ2) is 8.49. The van der Waals surface area contributed by atoms with Crippen molar-refractivity contribution in [2.45, 2.75) is 13.5 Å². The van der Waals surface area contributed by atoms with Crippen LogP contribution in [0.3, 0.4) is 0 Å². The van der Waals surface area contributed by atoms with Crippen molar-refractivity contribution in [3.63, 3.8) is 0 Å². The van der Waals surface area contributed by atoms with E-state index in [1.54, 1.807) is 31.2 Å². The first-order chi connectivity index (χ1) is 13.5. The molecular formula is C18H14ClN3O6. The molecule has 0 bridgehead atoms. The lowest BCUT2D eigenvalue weighted by Crippen LogP contribution is -2.07. The first kappa shape index (κ1) is 19.3. The summed E-state index contributed by atoms with van der Waals surface area (Å²) in [5, 5.41) is 15.4. The number of aromatic nitrogens is 2. The van der Waals surface area contributed by atoms with Gasteiger partial charge in [-0.15, -0.1) is 0 Å². The van der Waals surface area contributed by atoms with Crippen molar-refractivity contribution in [2.24, 2.45) is 0 Å². The summed E-state index contributed by atoms with van der Waals surface area (Å²) in [7, 11) is 0. The lowest BCUT2D eigenvalue weighted by Gasteiger charge is -2.06. The van der Waals surface area contributed by atoms with E-state index in [2.05, 4.69) is 10.1 Å². The van der Waals surface area contributed by atoms with E-state index in [0.29, 0.717) is 10.6 Å². The van der Waals surface area contributed by atoms with E-state index >= 15 is 0 Å². The molecule has 0 spiro atoms. The molecule has 3 aromatic rings. The third-order valence-corrected chi connectivity index (χ3v) is 3.93. The summed E-state index contributed by atoms with van der Waals surface area (Å²) in [5.74, 6) is -0.383. The lowest BCUT2D eigenvalue weighted by atomic mass is 10.2. The Morgan fingerprint density at radius 1 is 1.29 bits per heavy atom.